The van der Waals surface area contributed by atoms with Crippen LogP contribution in [0.5, 0.6) is 11.9 Å². The Hall–Kier alpha value is -3.06. The van der Waals surface area contributed by atoms with Gasteiger partial charge in [-0.3, -0.25) is 4.90 Å². The monoisotopic (exact) mass is 615 g/mol. The van der Waals surface area contributed by atoms with Crippen LogP contribution in [-0.4, -0.2) is 89.6 Å². The second-order valence-corrected chi connectivity index (χ2v) is 12.4. The van der Waals surface area contributed by atoms with Crippen molar-refractivity contribution in [3.63, 3.8) is 0 Å². The van der Waals surface area contributed by atoms with Crippen molar-refractivity contribution in [3.8, 4) is 23.1 Å². The molecule has 0 bridgehead atoms. The van der Waals surface area contributed by atoms with Crippen LogP contribution in [0.3, 0.4) is 0 Å². The first-order chi connectivity index (χ1) is 20.7. The van der Waals surface area contributed by atoms with Gasteiger partial charge in [0, 0.05) is 37.8 Å². The zero-order valence-corrected chi connectivity index (χ0v) is 25.3. The molecule has 0 radical (unpaired) electrons. The molecule has 4 aliphatic rings. The fraction of sp³-hybridized carbons (Fsp3) is 0.567. The maximum Gasteiger partial charge on any atom is 0.319 e. The van der Waals surface area contributed by atoms with E-state index in [2.05, 4.69) is 32.0 Å². The number of pyridine rings is 1. The van der Waals surface area contributed by atoms with Crippen LogP contribution in [-0.2, 0) is 4.74 Å². The molecule has 13 heteroatoms. The number of benzene rings is 1. The van der Waals surface area contributed by atoms with E-state index < -0.39 is 11.6 Å². The Morgan fingerprint density at radius 2 is 2.05 bits per heavy atom. The van der Waals surface area contributed by atoms with Gasteiger partial charge >= 0.3 is 6.01 Å². The minimum atomic E-state index is -0.852. The molecule has 0 amide bonds. The third-order valence-electron chi connectivity index (χ3n) is 9.38. The van der Waals surface area contributed by atoms with E-state index in [9.17, 15) is 0 Å². The highest BCUT2D eigenvalue weighted by atomic mass is 35.5. The highest BCUT2D eigenvalue weighted by Crippen LogP contribution is 2.44. The zero-order valence-electron chi connectivity index (χ0n) is 24.5. The van der Waals surface area contributed by atoms with Crippen LogP contribution < -0.4 is 25.4 Å². The van der Waals surface area contributed by atoms with Crippen LogP contribution in [0.15, 0.2) is 6.07 Å². The van der Waals surface area contributed by atoms with Crippen LogP contribution >= 0.6 is 11.6 Å². The molecule has 2 aromatic heterocycles. The molecule has 7 rings (SSSR count). The molecule has 6 heterocycles. The molecule has 4 aliphatic heterocycles. The number of nitrogens with zero attached hydrogens (tertiary/aromatic N) is 5. The molecule has 5 atom stereocenters. The summed E-state index contributed by atoms with van der Waals surface area (Å²) >= 11 is 6.54. The molecule has 0 aliphatic carbocycles. The number of nitrogens with two attached hydrogens (primary N) is 1. The number of ether oxygens (including phenoxy) is 3. The Labute approximate surface area is 253 Å². The van der Waals surface area contributed by atoms with Gasteiger partial charge in [-0.05, 0) is 44.7 Å². The van der Waals surface area contributed by atoms with Crippen LogP contribution in [0.1, 0.15) is 38.7 Å². The molecule has 0 unspecified atom stereocenters. The van der Waals surface area contributed by atoms with Gasteiger partial charge < -0.3 is 30.2 Å². The van der Waals surface area contributed by atoms with Crippen molar-refractivity contribution in [3.05, 3.63) is 28.3 Å². The lowest BCUT2D eigenvalue weighted by Crippen LogP contribution is -2.60. The third-order valence-corrected chi connectivity index (χ3v) is 9.86. The molecule has 10 nitrogen and oxygen atoms in total. The number of halogens is 3. The number of hydrogen-bond donors (Lipinski definition) is 2. The fourth-order valence-electron chi connectivity index (χ4n) is 6.96. The summed E-state index contributed by atoms with van der Waals surface area (Å²) in [5.41, 5.74) is 5.66. The molecule has 0 spiro atoms. The summed E-state index contributed by atoms with van der Waals surface area (Å²) in [5.74, 6) is -1.09. The number of nitrogen functional groups attached to an aromatic ring is 1. The first kappa shape index (κ1) is 28.7. The normalized spacial score (nSPS) is 27.0. The molecule has 230 valence electrons. The quantitative estimate of drug-likeness (QED) is 0.407. The molecule has 3 aromatic rings. The van der Waals surface area contributed by atoms with Gasteiger partial charge in [0.05, 0.1) is 35.5 Å². The van der Waals surface area contributed by atoms with E-state index in [4.69, 9.17) is 36.5 Å². The largest absolute Gasteiger partial charge is 0.472 e. The number of nitrogens with one attached hydrogen (secondary N) is 1. The zero-order chi connectivity index (χ0) is 30.0. The number of piperazine rings is 1. The van der Waals surface area contributed by atoms with Gasteiger partial charge in [-0.1, -0.05) is 18.5 Å². The number of aryl methyl sites for hydroxylation is 1. The van der Waals surface area contributed by atoms with Gasteiger partial charge in [-0.2, -0.15) is 9.97 Å². The second-order valence-electron chi connectivity index (χ2n) is 12.0. The van der Waals surface area contributed by atoms with E-state index in [-0.39, 0.29) is 63.6 Å². The molecule has 1 aromatic carbocycles. The van der Waals surface area contributed by atoms with Gasteiger partial charge in [0.2, 0.25) is 5.88 Å². The fourth-order valence-corrected chi connectivity index (χ4v) is 7.18. The molecule has 3 N–H and O–H groups in total. The molecule has 0 saturated carbocycles. The SMILES string of the molecule is CC[C@@H]1CN2c3nc(OC[C@@H]4CC[C@H]5COCCN54)nc4c(F)c(-c5c(F)c(N)cc(C)c5Cl)nc(c34)O[C@@H](C)[C@@H]2CN1. The van der Waals surface area contributed by atoms with Crippen LogP contribution in [0.2, 0.25) is 5.02 Å². The van der Waals surface area contributed by atoms with Crippen molar-refractivity contribution >= 4 is 34.0 Å². The summed E-state index contributed by atoms with van der Waals surface area (Å²) in [6.07, 6.45) is 2.56. The smallest absolute Gasteiger partial charge is 0.319 e. The van der Waals surface area contributed by atoms with Crippen LogP contribution in [0, 0.1) is 18.6 Å². The average molecular weight is 616 g/mol. The van der Waals surface area contributed by atoms with Crippen LogP contribution in [0.25, 0.3) is 22.2 Å². The van der Waals surface area contributed by atoms with E-state index in [0.717, 1.165) is 32.4 Å². The van der Waals surface area contributed by atoms with E-state index in [1.54, 1.807) is 6.92 Å². The van der Waals surface area contributed by atoms with E-state index >= 15 is 8.78 Å². The molecular formula is C30H36ClF2N7O3. The third kappa shape index (κ3) is 4.83. The Morgan fingerprint density at radius 3 is 2.86 bits per heavy atom. The number of hydrogen-bond acceptors (Lipinski definition) is 10. The summed E-state index contributed by atoms with van der Waals surface area (Å²) in [4.78, 5) is 18.5. The molecule has 3 fully saturated rings. The lowest BCUT2D eigenvalue weighted by atomic mass is 10.0. The first-order valence-electron chi connectivity index (χ1n) is 15.0. The highest BCUT2D eigenvalue weighted by Gasteiger charge is 2.40. The average Bonchev–Trinajstić information content (AvgIpc) is 3.38. The van der Waals surface area contributed by atoms with E-state index in [0.29, 0.717) is 49.1 Å². The minimum absolute atomic E-state index is 0.0192. The van der Waals surface area contributed by atoms with Crippen molar-refractivity contribution in [2.45, 2.75) is 70.3 Å². The maximum atomic E-state index is 16.7. The summed E-state index contributed by atoms with van der Waals surface area (Å²) in [7, 11) is 0. The van der Waals surface area contributed by atoms with E-state index in [1.165, 1.54) is 6.07 Å². The van der Waals surface area contributed by atoms with Gasteiger partial charge in [-0.15, -0.1) is 0 Å². The van der Waals surface area contributed by atoms with Crippen LogP contribution in [0.4, 0.5) is 20.3 Å². The number of anilines is 2. The lowest BCUT2D eigenvalue weighted by Gasteiger charge is -2.42. The van der Waals surface area contributed by atoms with Gasteiger partial charge in [0.15, 0.2) is 11.6 Å². The summed E-state index contributed by atoms with van der Waals surface area (Å²) < 4.78 is 50.4. The highest BCUT2D eigenvalue weighted by molar-refractivity contribution is 6.34. The van der Waals surface area contributed by atoms with Crippen molar-refractivity contribution in [1.82, 2.24) is 25.2 Å². The van der Waals surface area contributed by atoms with Crippen molar-refractivity contribution in [2.75, 3.05) is 50.1 Å². The minimum Gasteiger partial charge on any atom is -0.472 e. The van der Waals surface area contributed by atoms with Crippen molar-refractivity contribution < 1.29 is 23.0 Å². The Bertz CT molecular complexity index is 1550. The Balaban J connectivity index is 1.38. The standard InChI is InChI=1S/C30H36ClF2N7O3/c1-4-16-11-40-20(10-35-16)15(3)43-29-22-27(25(33)26(36-29)21-23(31)14(2)9-19(34)24(21)32)37-30(38-28(22)40)42-13-18-6-5-17-12-41-8-7-39(17)18/h9,15-18,20,35H,4-8,10-13,34H2,1-3H3/t15-,16+,17-,18-,20-/m0/s1. The first-order valence-corrected chi connectivity index (χ1v) is 15.4. The molecule has 3 saturated heterocycles. The number of rotatable bonds is 5. The maximum absolute atomic E-state index is 16.7. The van der Waals surface area contributed by atoms with Crippen molar-refractivity contribution in [2.24, 2.45) is 0 Å². The number of fused-ring (bicyclic) bond motifs is 3. The summed E-state index contributed by atoms with van der Waals surface area (Å²) in [5, 5.41) is 3.92. The topological polar surface area (TPSA) is 111 Å². The van der Waals surface area contributed by atoms with Gasteiger partial charge in [0.25, 0.3) is 0 Å². The van der Waals surface area contributed by atoms with E-state index in [1.807, 2.05) is 6.92 Å². The van der Waals surface area contributed by atoms with Crippen molar-refractivity contribution in [1.29, 1.82) is 0 Å². The predicted molar refractivity (Wildman–Crippen MR) is 160 cm³/mol. The van der Waals surface area contributed by atoms with Gasteiger partial charge in [0.1, 0.15) is 35.1 Å². The predicted octanol–water partition coefficient (Wildman–Crippen LogP) is 4.09. The summed E-state index contributed by atoms with van der Waals surface area (Å²) in [6, 6.07) is 2.12. The molecule has 43 heavy (non-hydrogen) atoms. The Morgan fingerprint density at radius 1 is 1.21 bits per heavy atom. The molecular weight excluding hydrogens is 580 g/mol. The number of morpholine rings is 1. The number of aromatic nitrogens is 3. The van der Waals surface area contributed by atoms with Gasteiger partial charge in [-0.25, -0.2) is 13.8 Å². The lowest BCUT2D eigenvalue weighted by molar-refractivity contribution is -0.0101. The second kappa shape index (κ2) is 11.1. The summed E-state index contributed by atoms with van der Waals surface area (Å²) in [6.45, 7) is 9.63. The Kier molecular flexibility index (Phi) is 7.43.